The van der Waals surface area contributed by atoms with Gasteiger partial charge in [0, 0.05) is 18.9 Å². The zero-order valence-corrected chi connectivity index (χ0v) is 19.0. The molecule has 180 valence electrons. The molecule has 0 heterocycles. The summed E-state index contributed by atoms with van der Waals surface area (Å²) >= 11 is 0. The lowest BCUT2D eigenvalue weighted by Crippen LogP contribution is -2.42. The Morgan fingerprint density at radius 3 is 2.06 bits per heavy atom. The fourth-order valence-electron chi connectivity index (χ4n) is 3.96. The van der Waals surface area contributed by atoms with Crippen molar-refractivity contribution in [3.8, 4) is 11.1 Å². The lowest BCUT2D eigenvalue weighted by atomic mass is 9.98. The third kappa shape index (κ3) is 6.81. The molecule has 0 aromatic heterocycles. The number of hydrogen-bond acceptors (Lipinski definition) is 5. The van der Waals surface area contributed by atoms with Gasteiger partial charge < -0.3 is 25.8 Å². The number of carboxylic acid groups (broad SMARTS) is 1. The van der Waals surface area contributed by atoms with Gasteiger partial charge in [-0.2, -0.15) is 0 Å². The Hall–Kier alpha value is -3.88. The van der Waals surface area contributed by atoms with Crippen LogP contribution in [-0.4, -0.2) is 55.2 Å². The number of carbonyl (C=O) groups is 4. The van der Waals surface area contributed by atoms with Crippen LogP contribution in [0.5, 0.6) is 0 Å². The Morgan fingerprint density at radius 2 is 1.44 bits per heavy atom. The largest absolute Gasteiger partial charge is 0.481 e. The molecule has 0 bridgehead atoms. The quantitative estimate of drug-likeness (QED) is 0.401. The fourth-order valence-corrected chi connectivity index (χ4v) is 3.96. The number of carboxylic acids is 1. The van der Waals surface area contributed by atoms with Crippen molar-refractivity contribution in [2.24, 2.45) is 5.92 Å². The van der Waals surface area contributed by atoms with E-state index < -0.39 is 23.9 Å². The third-order valence-electron chi connectivity index (χ3n) is 5.67. The van der Waals surface area contributed by atoms with Crippen LogP contribution in [0.15, 0.2) is 48.5 Å². The zero-order chi connectivity index (χ0) is 24.5. The molecular formula is C25H29N3O6. The maximum Gasteiger partial charge on any atom is 0.407 e. The molecule has 4 N–H and O–H groups in total. The first-order valence-electron chi connectivity index (χ1n) is 11.2. The van der Waals surface area contributed by atoms with Crippen molar-refractivity contribution in [1.82, 2.24) is 16.0 Å². The minimum atomic E-state index is -0.880. The molecule has 1 aliphatic rings. The van der Waals surface area contributed by atoms with E-state index in [0.717, 1.165) is 22.3 Å². The molecule has 0 saturated carbocycles. The SMILES string of the molecule is CC(CCNC(=O)CNC(=O)CNC(=O)OCC1c2ccccc2-c2ccccc21)CC(=O)O. The summed E-state index contributed by atoms with van der Waals surface area (Å²) in [5.41, 5.74) is 4.44. The first kappa shape index (κ1) is 24.8. The lowest BCUT2D eigenvalue weighted by molar-refractivity contribution is -0.138. The topological polar surface area (TPSA) is 134 Å². The zero-order valence-electron chi connectivity index (χ0n) is 19.0. The predicted molar refractivity (Wildman–Crippen MR) is 125 cm³/mol. The van der Waals surface area contributed by atoms with Crippen molar-refractivity contribution < 1.29 is 29.0 Å². The number of fused-ring (bicyclic) bond motifs is 3. The molecule has 1 aliphatic carbocycles. The van der Waals surface area contributed by atoms with Crippen LogP contribution >= 0.6 is 0 Å². The van der Waals surface area contributed by atoms with Crippen LogP contribution in [-0.2, 0) is 19.1 Å². The van der Waals surface area contributed by atoms with E-state index in [4.69, 9.17) is 9.84 Å². The van der Waals surface area contributed by atoms with Crippen LogP contribution < -0.4 is 16.0 Å². The Bertz CT molecular complexity index is 1010. The molecule has 0 radical (unpaired) electrons. The van der Waals surface area contributed by atoms with Gasteiger partial charge in [-0.3, -0.25) is 14.4 Å². The van der Waals surface area contributed by atoms with Gasteiger partial charge >= 0.3 is 12.1 Å². The molecule has 3 rings (SSSR count). The van der Waals surface area contributed by atoms with Crippen LogP contribution in [0, 0.1) is 5.92 Å². The standard InChI is InChI=1S/C25H29N3O6/c1-16(12-24(31)32)10-11-26-22(29)13-27-23(30)14-28-25(33)34-15-21-19-8-4-2-6-17(19)18-7-3-5-9-20(18)21/h2-9,16,21H,10-15H2,1H3,(H,26,29)(H,27,30)(H,28,33)(H,31,32). The number of amides is 3. The molecule has 0 fully saturated rings. The number of carbonyl (C=O) groups excluding carboxylic acids is 3. The van der Waals surface area contributed by atoms with Gasteiger partial charge in [0.25, 0.3) is 0 Å². The number of rotatable bonds is 11. The van der Waals surface area contributed by atoms with Crippen LogP contribution in [0.1, 0.15) is 36.8 Å². The Kier molecular flexibility index (Phi) is 8.61. The van der Waals surface area contributed by atoms with E-state index in [-0.39, 0.29) is 38.0 Å². The minimum absolute atomic E-state index is 0.0359. The van der Waals surface area contributed by atoms with Gasteiger partial charge in [0.1, 0.15) is 13.2 Å². The molecule has 34 heavy (non-hydrogen) atoms. The van der Waals surface area contributed by atoms with Crippen molar-refractivity contribution in [1.29, 1.82) is 0 Å². The van der Waals surface area contributed by atoms with Gasteiger partial charge in [-0.15, -0.1) is 0 Å². The summed E-state index contributed by atoms with van der Waals surface area (Å²) in [4.78, 5) is 46.4. The van der Waals surface area contributed by atoms with Gasteiger partial charge in [-0.05, 0) is 34.6 Å². The second-order valence-electron chi connectivity index (χ2n) is 8.30. The van der Waals surface area contributed by atoms with Crippen LogP contribution in [0.25, 0.3) is 11.1 Å². The number of aliphatic carboxylic acids is 1. The molecular weight excluding hydrogens is 438 g/mol. The van der Waals surface area contributed by atoms with Gasteiger partial charge in [0.2, 0.25) is 11.8 Å². The van der Waals surface area contributed by atoms with Crippen LogP contribution in [0.3, 0.4) is 0 Å². The van der Waals surface area contributed by atoms with Crippen molar-refractivity contribution >= 4 is 23.9 Å². The highest BCUT2D eigenvalue weighted by molar-refractivity contribution is 5.87. The summed E-state index contributed by atoms with van der Waals surface area (Å²) in [6, 6.07) is 16.0. The fraction of sp³-hybridized carbons (Fsp3) is 0.360. The van der Waals surface area contributed by atoms with Crippen molar-refractivity contribution in [2.75, 3.05) is 26.2 Å². The second-order valence-corrected chi connectivity index (χ2v) is 8.30. The normalized spacial score (nSPS) is 12.7. The van der Waals surface area contributed by atoms with E-state index in [0.29, 0.717) is 13.0 Å². The predicted octanol–water partition coefficient (Wildman–Crippen LogP) is 2.26. The molecule has 2 aromatic rings. The number of benzene rings is 2. The van der Waals surface area contributed by atoms with Gasteiger partial charge in [-0.25, -0.2) is 4.79 Å². The minimum Gasteiger partial charge on any atom is -0.481 e. The average Bonchev–Trinajstić information content (AvgIpc) is 3.13. The summed E-state index contributed by atoms with van der Waals surface area (Å²) < 4.78 is 5.37. The smallest absolute Gasteiger partial charge is 0.407 e. The first-order valence-corrected chi connectivity index (χ1v) is 11.2. The second kappa shape index (κ2) is 11.8. The first-order chi connectivity index (χ1) is 16.3. The number of ether oxygens (including phenoxy) is 1. The summed E-state index contributed by atoms with van der Waals surface area (Å²) in [7, 11) is 0. The highest BCUT2D eigenvalue weighted by atomic mass is 16.5. The molecule has 1 unspecified atom stereocenters. The van der Waals surface area contributed by atoms with E-state index in [1.54, 1.807) is 6.92 Å². The Labute approximate surface area is 197 Å². The maximum absolute atomic E-state index is 12.1. The van der Waals surface area contributed by atoms with E-state index in [1.807, 2.05) is 48.5 Å². The van der Waals surface area contributed by atoms with E-state index in [1.165, 1.54) is 0 Å². The number of nitrogens with one attached hydrogen (secondary N) is 3. The van der Waals surface area contributed by atoms with Crippen molar-refractivity contribution in [3.63, 3.8) is 0 Å². The highest BCUT2D eigenvalue weighted by Crippen LogP contribution is 2.44. The molecule has 0 saturated heterocycles. The van der Waals surface area contributed by atoms with E-state index in [9.17, 15) is 19.2 Å². The van der Waals surface area contributed by atoms with E-state index in [2.05, 4.69) is 16.0 Å². The van der Waals surface area contributed by atoms with Gasteiger partial charge in [0.15, 0.2) is 0 Å². The Morgan fingerprint density at radius 1 is 0.882 bits per heavy atom. The lowest BCUT2D eigenvalue weighted by Gasteiger charge is -2.14. The monoisotopic (exact) mass is 467 g/mol. The molecule has 2 aromatic carbocycles. The summed E-state index contributed by atoms with van der Waals surface area (Å²) in [5.74, 6) is -1.93. The summed E-state index contributed by atoms with van der Waals surface area (Å²) in [6.07, 6.45) is -0.155. The summed E-state index contributed by atoms with van der Waals surface area (Å²) in [5, 5.41) is 16.1. The highest BCUT2D eigenvalue weighted by Gasteiger charge is 2.29. The third-order valence-corrected chi connectivity index (χ3v) is 5.67. The molecule has 3 amide bonds. The van der Waals surface area contributed by atoms with Crippen molar-refractivity contribution in [3.05, 3.63) is 59.7 Å². The number of hydrogen-bond donors (Lipinski definition) is 4. The number of alkyl carbamates (subject to hydrolysis) is 1. The summed E-state index contributed by atoms with van der Waals surface area (Å²) in [6.45, 7) is 1.69. The molecule has 9 heteroatoms. The maximum atomic E-state index is 12.1. The van der Waals surface area contributed by atoms with Crippen LogP contribution in [0.4, 0.5) is 4.79 Å². The molecule has 1 atom stereocenters. The van der Waals surface area contributed by atoms with Gasteiger partial charge in [-0.1, -0.05) is 55.5 Å². The molecule has 9 nitrogen and oxygen atoms in total. The van der Waals surface area contributed by atoms with Crippen LogP contribution in [0.2, 0.25) is 0 Å². The Balaban J connectivity index is 1.35. The average molecular weight is 468 g/mol. The van der Waals surface area contributed by atoms with Gasteiger partial charge in [0.05, 0.1) is 6.54 Å². The molecule has 0 aliphatic heterocycles. The molecule has 0 spiro atoms. The van der Waals surface area contributed by atoms with E-state index >= 15 is 0 Å². The van der Waals surface area contributed by atoms with Crippen molar-refractivity contribution in [2.45, 2.75) is 25.7 Å².